The first-order valence-electron chi connectivity index (χ1n) is 6.94. The molecule has 1 unspecified atom stereocenters. The lowest BCUT2D eigenvalue weighted by Crippen LogP contribution is -2.09. The van der Waals surface area contributed by atoms with Gasteiger partial charge in [-0.2, -0.15) is 0 Å². The number of carbonyl (C=O) groups is 1. The average Bonchev–Trinajstić information content (AvgIpc) is 2.95. The van der Waals surface area contributed by atoms with Crippen LogP contribution < -0.4 is 5.32 Å². The number of hydrogen-bond acceptors (Lipinski definition) is 6. The van der Waals surface area contributed by atoms with E-state index in [9.17, 15) is 4.79 Å². The first kappa shape index (κ1) is 15.1. The molecule has 114 valence electrons. The quantitative estimate of drug-likeness (QED) is 0.659. The topological polar surface area (TPSA) is 62.2 Å². The predicted molar refractivity (Wildman–Crippen MR) is 92.1 cm³/mol. The van der Waals surface area contributed by atoms with E-state index in [0.29, 0.717) is 18.1 Å². The molecule has 6 heteroatoms. The van der Waals surface area contributed by atoms with Crippen LogP contribution in [0.4, 0.5) is 5.69 Å². The second kappa shape index (κ2) is 6.54. The minimum Gasteiger partial charge on any atom is -0.465 e. The second-order valence-corrected chi connectivity index (χ2v) is 7.02. The molecule has 1 aliphatic rings. The van der Waals surface area contributed by atoms with E-state index in [1.807, 2.05) is 35.7 Å². The highest BCUT2D eigenvalue weighted by atomic mass is 32.2. The number of fused-ring (bicyclic) bond motifs is 2. The maximum atomic E-state index is 10.8. The van der Waals surface area contributed by atoms with Gasteiger partial charge in [0.25, 0.3) is 0 Å². The van der Waals surface area contributed by atoms with Crippen LogP contribution in [0.2, 0.25) is 0 Å². The van der Waals surface area contributed by atoms with Gasteiger partial charge in [0, 0.05) is 34.4 Å². The van der Waals surface area contributed by atoms with Crippen LogP contribution in [0.1, 0.15) is 28.3 Å². The van der Waals surface area contributed by atoms with E-state index in [-0.39, 0.29) is 11.3 Å². The number of thiophene rings is 1. The van der Waals surface area contributed by atoms with Crippen molar-refractivity contribution in [2.45, 2.75) is 12.3 Å². The number of carbonyl (C=O) groups excluding carboxylic acids is 1. The molecule has 2 heterocycles. The summed E-state index contributed by atoms with van der Waals surface area (Å²) in [5.41, 5.74) is 3.43. The maximum absolute atomic E-state index is 10.8. The summed E-state index contributed by atoms with van der Waals surface area (Å²) in [4.78, 5) is 12.0. The normalized spacial score (nSPS) is 16.2. The van der Waals surface area contributed by atoms with Gasteiger partial charge in [0.2, 0.25) is 0 Å². The van der Waals surface area contributed by atoms with E-state index in [0.717, 1.165) is 21.7 Å². The van der Waals surface area contributed by atoms with Gasteiger partial charge in [-0.15, -0.1) is 23.1 Å². The fraction of sp³-hybridized carbons (Fsp3) is 0.250. The fourth-order valence-electron chi connectivity index (χ4n) is 2.38. The predicted octanol–water partition coefficient (Wildman–Crippen LogP) is 3.88. The summed E-state index contributed by atoms with van der Waals surface area (Å²) >= 11 is 3.34. The summed E-state index contributed by atoms with van der Waals surface area (Å²) in [7, 11) is 0. The zero-order valence-electron chi connectivity index (χ0n) is 12.1. The highest BCUT2D eigenvalue weighted by Crippen LogP contribution is 2.40. The summed E-state index contributed by atoms with van der Waals surface area (Å²) < 4.78 is 5.00. The standard InChI is InChI=1S/C16H16N2O2S2/c1-10(19)20-7-9-22-16-15-12(6-8-21-15)14(17)11-4-2-3-5-13(11)18-16/h2-6,8,16-18H,7,9H2,1H3. The van der Waals surface area contributed by atoms with Crippen molar-refractivity contribution in [2.24, 2.45) is 0 Å². The second-order valence-electron chi connectivity index (χ2n) is 4.85. The van der Waals surface area contributed by atoms with Crippen molar-refractivity contribution in [2.75, 3.05) is 17.7 Å². The van der Waals surface area contributed by atoms with Crippen LogP contribution in [-0.2, 0) is 9.53 Å². The minimum absolute atomic E-state index is 0.0644. The number of nitrogens with one attached hydrogen (secondary N) is 2. The van der Waals surface area contributed by atoms with Gasteiger partial charge in [-0.25, -0.2) is 0 Å². The van der Waals surface area contributed by atoms with Crippen LogP contribution in [-0.4, -0.2) is 24.0 Å². The Morgan fingerprint density at radius 1 is 1.36 bits per heavy atom. The largest absolute Gasteiger partial charge is 0.465 e. The minimum atomic E-state index is -0.252. The van der Waals surface area contributed by atoms with Crippen molar-refractivity contribution in [3.05, 3.63) is 51.7 Å². The van der Waals surface area contributed by atoms with E-state index < -0.39 is 0 Å². The third-order valence-electron chi connectivity index (χ3n) is 3.36. The van der Waals surface area contributed by atoms with Crippen LogP contribution in [0.3, 0.4) is 0 Å². The summed E-state index contributed by atoms with van der Waals surface area (Å²) in [6.45, 7) is 1.82. The van der Waals surface area contributed by atoms with Crippen molar-refractivity contribution < 1.29 is 9.53 Å². The van der Waals surface area contributed by atoms with Crippen molar-refractivity contribution >= 4 is 40.5 Å². The molecule has 0 amide bonds. The number of anilines is 1. The van der Waals surface area contributed by atoms with Gasteiger partial charge in [0.15, 0.2) is 0 Å². The monoisotopic (exact) mass is 332 g/mol. The molecule has 0 saturated carbocycles. The lowest BCUT2D eigenvalue weighted by molar-refractivity contribution is -0.140. The molecule has 1 atom stereocenters. The molecule has 2 N–H and O–H groups in total. The fourth-order valence-corrected chi connectivity index (χ4v) is 4.48. The highest BCUT2D eigenvalue weighted by Gasteiger charge is 2.26. The van der Waals surface area contributed by atoms with Crippen LogP contribution in [0.25, 0.3) is 0 Å². The third kappa shape index (κ3) is 3.03. The smallest absolute Gasteiger partial charge is 0.302 e. The maximum Gasteiger partial charge on any atom is 0.302 e. The van der Waals surface area contributed by atoms with Crippen molar-refractivity contribution in [1.82, 2.24) is 0 Å². The molecule has 1 aromatic carbocycles. The van der Waals surface area contributed by atoms with E-state index in [1.54, 1.807) is 23.1 Å². The van der Waals surface area contributed by atoms with Crippen LogP contribution in [0, 0.1) is 5.41 Å². The molecule has 2 aromatic rings. The summed E-state index contributed by atoms with van der Waals surface area (Å²) in [5.74, 6) is 0.461. The van der Waals surface area contributed by atoms with Crippen molar-refractivity contribution in [1.29, 1.82) is 5.41 Å². The van der Waals surface area contributed by atoms with E-state index in [1.165, 1.54) is 6.92 Å². The lowest BCUT2D eigenvalue weighted by atomic mass is 10.0. The van der Waals surface area contributed by atoms with Crippen LogP contribution in [0.5, 0.6) is 0 Å². The summed E-state index contributed by atoms with van der Waals surface area (Å²) in [5, 5.41) is 14.1. The van der Waals surface area contributed by atoms with E-state index in [4.69, 9.17) is 10.1 Å². The number of ether oxygens (including phenoxy) is 1. The number of benzene rings is 1. The molecule has 1 aromatic heterocycles. The van der Waals surface area contributed by atoms with Gasteiger partial charge in [-0.1, -0.05) is 18.2 Å². The third-order valence-corrected chi connectivity index (χ3v) is 5.58. The molecule has 3 rings (SSSR count). The van der Waals surface area contributed by atoms with Crippen LogP contribution in [0.15, 0.2) is 35.7 Å². The van der Waals surface area contributed by atoms with Gasteiger partial charge < -0.3 is 10.1 Å². The Bertz CT molecular complexity index is 712. The van der Waals surface area contributed by atoms with Crippen LogP contribution >= 0.6 is 23.1 Å². The molecular weight excluding hydrogens is 316 g/mol. The first-order chi connectivity index (χ1) is 10.7. The molecule has 0 aliphatic carbocycles. The lowest BCUT2D eigenvalue weighted by Gasteiger charge is -2.17. The number of para-hydroxylation sites is 1. The SMILES string of the molecule is CC(=O)OCCSC1Nc2ccccc2C(=N)c2ccsc21. The van der Waals surface area contributed by atoms with Gasteiger partial charge in [0.05, 0.1) is 5.71 Å². The Kier molecular flexibility index (Phi) is 4.49. The highest BCUT2D eigenvalue weighted by molar-refractivity contribution is 7.99. The molecule has 0 bridgehead atoms. The number of hydrogen-bond donors (Lipinski definition) is 2. The molecule has 1 aliphatic heterocycles. The Hall–Kier alpha value is -1.79. The van der Waals surface area contributed by atoms with Gasteiger partial charge in [-0.3, -0.25) is 10.2 Å². The Balaban J connectivity index is 1.84. The number of rotatable bonds is 4. The molecule has 0 spiro atoms. The van der Waals surface area contributed by atoms with E-state index in [2.05, 4.69) is 5.32 Å². The molecule has 0 radical (unpaired) electrons. The number of thioether (sulfide) groups is 1. The molecule has 0 saturated heterocycles. The van der Waals surface area contributed by atoms with Crippen molar-refractivity contribution in [3.8, 4) is 0 Å². The molecule has 0 fully saturated rings. The first-order valence-corrected chi connectivity index (χ1v) is 8.87. The molecule has 4 nitrogen and oxygen atoms in total. The zero-order valence-corrected chi connectivity index (χ0v) is 13.7. The van der Waals surface area contributed by atoms with Gasteiger partial charge in [0.1, 0.15) is 12.0 Å². The molecule has 22 heavy (non-hydrogen) atoms. The van der Waals surface area contributed by atoms with E-state index >= 15 is 0 Å². The Labute approximate surface area is 137 Å². The Morgan fingerprint density at radius 3 is 3.00 bits per heavy atom. The van der Waals surface area contributed by atoms with Gasteiger partial charge >= 0.3 is 5.97 Å². The Morgan fingerprint density at radius 2 is 2.18 bits per heavy atom. The zero-order chi connectivity index (χ0) is 15.5. The number of esters is 1. The van der Waals surface area contributed by atoms with Crippen molar-refractivity contribution in [3.63, 3.8) is 0 Å². The summed E-state index contributed by atoms with van der Waals surface area (Å²) in [6, 6.07) is 9.90. The molecular formula is C16H16N2O2S2. The average molecular weight is 332 g/mol. The summed E-state index contributed by atoms with van der Waals surface area (Å²) in [6.07, 6.45) is 0. The van der Waals surface area contributed by atoms with Gasteiger partial charge in [-0.05, 0) is 17.5 Å².